The lowest BCUT2D eigenvalue weighted by Gasteiger charge is -2.27. The van der Waals surface area contributed by atoms with Crippen LogP contribution in [0.2, 0.25) is 0 Å². The quantitative estimate of drug-likeness (QED) is 0.746. The summed E-state index contributed by atoms with van der Waals surface area (Å²) in [6.45, 7) is 3.37. The number of aromatic amines is 1. The molecule has 0 amide bonds. The fourth-order valence-electron chi connectivity index (χ4n) is 1.79. The normalized spacial score (nSPS) is 17.2. The Hall–Kier alpha value is -1.62. The molecular formula is C10H12N4O. The highest BCUT2D eigenvalue weighted by atomic mass is 16.5. The molecular weight excluding hydrogens is 192 g/mol. The van der Waals surface area contributed by atoms with Gasteiger partial charge in [0.2, 0.25) is 0 Å². The Morgan fingerprint density at radius 2 is 2.13 bits per heavy atom. The number of anilines is 1. The van der Waals surface area contributed by atoms with Gasteiger partial charge in [-0.2, -0.15) is 0 Å². The maximum atomic E-state index is 5.30. The second-order valence-electron chi connectivity index (χ2n) is 3.56. The van der Waals surface area contributed by atoms with Crippen molar-refractivity contribution in [1.29, 1.82) is 0 Å². The second-order valence-corrected chi connectivity index (χ2v) is 3.56. The number of rotatable bonds is 1. The Bertz CT molecular complexity index is 461. The average molecular weight is 204 g/mol. The molecule has 0 unspecified atom stereocenters. The summed E-state index contributed by atoms with van der Waals surface area (Å²) >= 11 is 0. The molecule has 1 N–H and O–H groups in total. The van der Waals surface area contributed by atoms with Crippen molar-refractivity contribution in [2.24, 2.45) is 0 Å². The highest BCUT2D eigenvalue weighted by Crippen LogP contribution is 2.17. The molecule has 1 aliphatic heterocycles. The van der Waals surface area contributed by atoms with Crippen molar-refractivity contribution in [2.75, 3.05) is 31.2 Å². The molecule has 0 aliphatic carbocycles. The summed E-state index contributed by atoms with van der Waals surface area (Å²) < 4.78 is 5.30. The van der Waals surface area contributed by atoms with Gasteiger partial charge in [0.05, 0.1) is 36.8 Å². The molecule has 2 aromatic rings. The monoisotopic (exact) mass is 204 g/mol. The first-order valence-corrected chi connectivity index (χ1v) is 5.05. The number of morpholine rings is 1. The number of fused-ring (bicyclic) bond motifs is 1. The Morgan fingerprint density at radius 1 is 1.27 bits per heavy atom. The minimum Gasteiger partial charge on any atom is -0.378 e. The van der Waals surface area contributed by atoms with E-state index in [2.05, 4.69) is 19.9 Å². The molecule has 1 aliphatic rings. The molecule has 2 aromatic heterocycles. The van der Waals surface area contributed by atoms with Gasteiger partial charge in [0.25, 0.3) is 0 Å². The third kappa shape index (κ3) is 1.55. The Labute approximate surface area is 87.1 Å². The van der Waals surface area contributed by atoms with Crippen LogP contribution in [0.15, 0.2) is 18.6 Å². The number of nitrogens with zero attached hydrogens (tertiary/aromatic N) is 3. The Balaban J connectivity index is 1.95. The van der Waals surface area contributed by atoms with Gasteiger partial charge >= 0.3 is 0 Å². The zero-order valence-electron chi connectivity index (χ0n) is 8.31. The van der Waals surface area contributed by atoms with E-state index < -0.39 is 0 Å². The van der Waals surface area contributed by atoms with Gasteiger partial charge in [-0.1, -0.05) is 0 Å². The predicted molar refractivity (Wildman–Crippen MR) is 56.9 cm³/mol. The summed E-state index contributed by atoms with van der Waals surface area (Å²) in [5, 5.41) is 0. The molecule has 0 bridgehead atoms. The predicted octanol–water partition coefficient (Wildman–Crippen LogP) is 0.794. The molecule has 3 heterocycles. The second kappa shape index (κ2) is 3.51. The van der Waals surface area contributed by atoms with Crippen LogP contribution < -0.4 is 4.90 Å². The summed E-state index contributed by atoms with van der Waals surface area (Å²) in [5.74, 6) is 0.984. The van der Waals surface area contributed by atoms with Crippen molar-refractivity contribution in [3.05, 3.63) is 18.6 Å². The lowest BCUT2D eigenvalue weighted by molar-refractivity contribution is 0.122. The van der Waals surface area contributed by atoms with Crippen LogP contribution in [-0.4, -0.2) is 41.3 Å². The van der Waals surface area contributed by atoms with Gasteiger partial charge in [-0.25, -0.2) is 9.97 Å². The van der Waals surface area contributed by atoms with Crippen molar-refractivity contribution in [2.45, 2.75) is 0 Å². The summed E-state index contributed by atoms with van der Waals surface area (Å²) in [6.07, 6.45) is 3.52. The van der Waals surface area contributed by atoms with Crippen LogP contribution >= 0.6 is 0 Å². The van der Waals surface area contributed by atoms with Crippen LogP contribution in [0, 0.1) is 0 Å². The maximum Gasteiger partial charge on any atom is 0.130 e. The highest BCUT2D eigenvalue weighted by Gasteiger charge is 2.12. The summed E-state index contributed by atoms with van der Waals surface area (Å²) in [7, 11) is 0. The van der Waals surface area contributed by atoms with E-state index in [4.69, 9.17) is 4.74 Å². The third-order valence-electron chi connectivity index (χ3n) is 2.63. The van der Waals surface area contributed by atoms with E-state index in [1.807, 2.05) is 12.3 Å². The van der Waals surface area contributed by atoms with E-state index in [1.165, 1.54) is 0 Å². The SMILES string of the molecule is c1nc2cc(N3CCOCC3)ncc2[nH]1. The minimum absolute atomic E-state index is 0.778. The van der Waals surface area contributed by atoms with Crippen molar-refractivity contribution >= 4 is 16.9 Å². The van der Waals surface area contributed by atoms with Crippen LogP contribution in [0.4, 0.5) is 5.82 Å². The largest absolute Gasteiger partial charge is 0.378 e. The van der Waals surface area contributed by atoms with E-state index in [-0.39, 0.29) is 0 Å². The van der Waals surface area contributed by atoms with Crippen LogP contribution in [0.3, 0.4) is 0 Å². The van der Waals surface area contributed by atoms with Gasteiger partial charge in [-0.15, -0.1) is 0 Å². The fraction of sp³-hybridized carbons (Fsp3) is 0.400. The van der Waals surface area contributed by atoms with Gasteiger partial charge in [0.1, 0.15) is 5.82 Å². The van der Waals surface area contributed by atoms with Crippen molar-refractivity contribution in [1.82, 2.24) is 15.0 Å². The highest BCUT2D eigenvalue weighted by molar-refractivity contribution is 5.76. The van der Waals surface area contributed by atoms with Crippen molar-refractivity contribution in [3.8, 4) is 0 Å². The molecule has 15 heavy (non-hydrogen) atoms. The number of imidazole rings is 1. The first kappa shape index (κ1) is 8.67. The van der Waals surface area contributed by atoms with Gasteiger partial charge in [0.15, 0.2) is 0 Å². The maximum absolute atomic E-state index is 5.30. The molecule has 1 fully saturated rings. The molecule has 0 spiro atoms. The van der Waals surface area contributed by atoms with Gasteiger partial charge in [-0.05, 0) is 0 Å². The number of nitrogens with one attached hydrogen (secondary N) is 1. The first-order chi connectivity index (χ1) is 7.43. The summed E-state index contributed by atoms with van der Waals surface area (Å²) in [5.41, 5.74) is 1.94. The number of hydrogen-bond acceptors (Lipinski definition) is 4. The number of H-pyrrole nitrogens is 1. The smallest absolute Gasteiger partial charge is 0.130 e. The molecule has 3 rings (SSSR count). The van der Waals surface area contributed by atoms with Gasteiger partial charge in [0, 0.05) is 19.2 Å². The van der Waals surface area contributed by atoms with Gasteiger partial charge < -0.3 is 14.6 Å². The average Bonchev–Trinajstić information content (AvgIpc) is 2.77. The van der Waals surface area contributed by atoms with Crippen molar-refractivity contribution < 1.29 is 4.74 Å². The molecule has 5 heteroatoms. The first-order valence-electron chi connectivity index (χ1n) is 5.05. The topological polar surface area (TPSA) is 54.0 Å². The molecule has 78 valence electrons. The van der Waals surface area contributed by atoms with E-state index in [0.29, 0.717) is 0 Å². The molecule has 5 nitrogen and oxygen atoms in total. The minimum atomic E-state index is 0.778. The van der Waals surface area contributed by atoms with Gasteiger partial charge in [-0.3, -0.25) is 0 Å². The molecule has 1 saturated heterocycles. The Kier molecular flexibility index (Phi) is 2.03. The van der Waals surface area contributed by atoms with E-state index in [1.54, 1.807) is 6.33 Å². The van der Waals surface area contributed by atoms with Crippen LogP contribution in [-0.2, 0) is 4.74 Å². The van der Waals surface area contributed by atoms with Crippen LogP contribution in [0.1, 0.15) is 0 Å². The van der Waals surface area contributed by atoms with Crippen molar-refractivity contribution in [3.63, 3.8) is 0 Å². The van der Waals surface area contributed by atoms with Crippen LogP contribution in [0.5, 0.6) is 0 Å². The number of hydrogen-bond donors (Lipinski definition) is 1. The summed E-state index contributed by atoms with van der Waals surface area (Å²) in [4.78, 5) is 13.9. The van der Waals surface area contributed by atoms with Crippen LogP contribution in [0.25, 0.3) is 11.0 Å². The zero-order valence-corrected chi connectivity index (χ0v) is 8.31. The fourth-order valence-corrected chi connectivity index (χ4v) is 1.79. The number of pyridine rings is 1. The lowest BCUT2D eigenvalue weighted by atomic mass is 10.3. The van der Waals surface area contributed by atoms with E-state index in [9.17, 15) is 0 Å². The molecule has 0 atom stereocenters. The number of ether oxygens (including phenoxy) is 1. The molecule has 0 saturated carbocycles. The van der Waals surface area contributed by atoms with E-state index in [0.717, 1.165) is 43.2 Å². The summed E-state index contributed by atoms with van der Waals surface area (Å²) in [6, 6.07) is 2.01. The molecule has 0 radical (unpaired) electrons. The van der Waals surface area contributed by atoms with E-state index >= 15 is 0 Å². The standard InChI is InChI=1S/C10H12N4O/c1-3-15-4-2-14(1)10-5-8-9(6-11-10)13-7-12-8/h5-7H,1-4H2,(H,12,13). The Morgan fingerprint density at radius 3 is 3.00 bits per heavy atom. The zero-order chi connectivity index (χ0) is 10.1. The molecule has 0 aromatic carbocycles. The third-order valence-corrected chi connectivity index (χ3v) is 2.63. The lowest BCUT2D eigenvalue weighted by Crippen LogP contribution is -2.36. The number of aromatic nitrogens is 3.